The fourth-order valence-electron chi connectivity index (χ4n) is 4.74. The summed E-state index contributed by atoms with van der Waals surface area (Å²) in [6, 6.07) is 6.33. The minimum absolute atomic E-state index is 0. The standard InChI is InChI=1S/C23H33N5O2.ClH/c1-17-22(23(29)24-15-18-7-4-3-5-8-18)25-26-28(17)21-10-6-9-19-16-27(13-14-30-2)12-11-20(19)21;/h6,9-10,18H,3-5,7-8,11-16H2,1-2H3,(H,24,29);1H. The van der Waals surface area contributed by atoms with Crippen LogP contribution in [0.5, 0.6) is 0 Å². The van der Waals surface area contributed by atoms with Gasteiger partial charge in [-0.2, -0.15) is 0 Å². The highest BCUT2D eigenvalue weighted by molar-refractivity contribution is 5.93. The molecule has 0 radical (unpaired) electrons. The van der Waals surface area contributed by atoms with E-state index in [9.17, 15) is 4.79 Å². The molecular formula is C23H34ClN5O2. The Morgan fingerprint density at radius 2 is 2.06 bits per heavy atom. The van der Waals surface area contributed by atoms with Gasteiger partial charge in [-0.25, -0.2) is 4.68 Å². The summed E-state index contributed by atoms with van der Waals surface area (Å²) < 4.78 is 7.06. The first kappa shape index (κ1) is 23.7. The number of aromatic nitrogens is 3. The molecular weight excluding hydrogens is 414 g/mol. The van der Waals surface area contributed by atoms with Gasteiger partial charge in [0.1, 0.15) is 0 Å². The molecule has 1 amide bonds. The molecule has 31 heavy (non-hydrogen) atoms. The molecule has 1 saturated carbocycles. The van der Waals surface area contributed by atoms with Crippen LogP contribution in [0.25, 0.3) is 5.69 Å². The van der Waals surface area contributed by atoms with E-state index in [0.29, 0.717) is 11.6 Å². The molecule has 1 aliphatic heterocycles. The van der Waals surface area contributed by atoms with Crippen molar-refractivity contribution >= 4 is 18.3 Å². The van der Waals surface area contributed by atoms with E-state index in [1.54, 1.807) is 7.11 Å². The van der Waals surface area contributed by atoms with E-state index < -0.39 is 0 Å². The van der Waals surface area contributed by atoms with Crippen LogP contribution in [0, 0.1) is 12.8 Å². The molecule has 0 saturated heterocycles. The van der Waals surface area contributed by atoms with Gasteiger partial charge in [-0.05, 0) is 49.3 Å². The van der Waals surface area contributed by atoms with Crippen molar-refractivity contribution < 1.29 is 9.53 Å². The average Bonchev–Trinajstić information content (AvgIpc) is 3.17. The van der Waals surface area contributed by atoms with Gasteiger partial charge < -0.3 is 10.1 Å². The molecule has 0 bridgehead atoms. The Morgan fingerprint density at radius 1 is 1.26 bits per heavy atom. The molecule has 1 aromatic carbocycles. The first-order valence-corrected chi connectivity index (χ1v) is 11.2. The van der Waals surface area contributed by atoms with Gasteiger partial charge in [-0.15, -0.1) is 17.5 Å². The third kappa shape index (κ3) is 5.45. The molecule has 1 fully saturated rings. The van der Waals surface area contributed by atoms with Crippen molar-refractivity contribution in [2.24, 2.45) is 5.92 Å². The highest BCUT2D eigenvalue weighted by atomic mass is 35.5. The van der Waals surface area contributed by atoms with E-state index in [1.807, 2.05) is 11.6 Å². The Bertz CT molecular complexity index is 879. The molecule has 2 aliphatic rings. The van der Waals surface area contributed by atoms with E-state index in [2.05, 4.69) is 38.7 Å². The SMILES string of the molecule is COCCN1CCc2c(cccc2-n2nnc(C(=O)NCC3CCCCC3)c2C)C1.Cl. The van der Waals surface area contributed by atoms with E-state index in [1.165, 1.54) is 43.2 Å². The number of amides is 1. The van der Waals surface area contributed by atoms with Crippen molar-refractivity contribution in [3.8, 4) is 5.69 Å². The first-order valence-electron chi connectivity index (χ1n) is 11.2. The Balaban J connectivity index is 0.00000272. The van der Waals surface area contributed by atoms with Crippen LogP contribution < -0.4 is 5.32 Å². The number of rotatable bonds is 7. The fourth-order valence-corrected chi connectivity index (χ4v) is 4.74. The van der Waals surface area contributed by atoms with Gasteiger partial charge in [0.25, 0.3) is 5.91 Å². The Kier molecular flexibility index (Phi) is 8.46. The minimum Gasteiger partial charge on any atom is -0.383 e. The summed E-state index contributed by atoms with van der Waals surface area (Å²) in [6.45, 7) is 6.26. The second-order valence-corrected chi connectivity index (χ2v) is 8.58. The lowest BCUT2D eigenvalue weighted by Gasteiger charge is -2.29. The van der Waals surface area contributed by atoms with Gasteiger partial charge in [0.05, 0.1) is 18.0 Å². The number of methoxy groups -OCH3 is 1. The maximum atomic E-state index is 12.7. The molecule has 2 heterocycles. The highest BCUT2D eigenvalue weighted by Gasteiger charge is 2.23. The van der Waals surface area contributed by atoms with E-state index in [-0.39, 0.29) is 18.3 Å². The third-order valence-corrected chi connectivity index (χ3v) is 6.55. The highest BCUT2D eigenvalue weighted by Crippen LogP contribution is 2.26. The number of halogens is 1. The second-order valence-electron chi connectivity index (χ2n) is 8.58. The lowest BCUT2D eigenvalue weighted by Crippen LogP contribution is -2.33. The summed E-state index contributed by atoms with van der Waals surface area (Å²) in [7, 11) is 1.74. The van der Waals surface area contributed by atoms with Gasteiger partial charge in [0.2, 0.25) is 0 Å². The fraction of sp³-hybridized carbons (Fsp3) is 0.609. The maximum absolute atomic E-state index is 12.7. The summed E-state index contributed by atoms with van der Waals surface area (Å²) >= 11 is 0. The summed E-state index contributed by atoms with van der Waals surface area (Å²) in [4.78, 5) is 15.2. The molecule has 0 spiro atoms. The third-order valence-electron chi connectivity index (χ3n) is 6.55. The van der Waals surface area contributed by atoms with Crippen LogP contribution in [0.1, 0.15) is 59.4 Å². The van der Waals surface area contributed by atoms with Crippen molar-refractivity contribution in [3.05, 3.63) is 40.7 Å². The predicted octanol–water partition coefficient (Wildman–Crippen LogP) is 3.31. The van der Waals surface area contributed by atoms with Crippen molar-refractivity contribution in [1.82, 2.24) is 25.2 Å². The molecule has 1 N–H and O–H groups in total. The minimum atomic E-state index is -0.111. The smallest absolute Gasteiger partial charge is 0.273 e. The zero-order valence-electron chi connectivity index (χ0n) is 18.6. The second kappa shape index (κ2) is 11.1. The number of hydrogen-bond donors (Lipinski definition) is 1. The van der Waals surface area contributed by atoms with Gasteiger partial charge >= 0.3 is 0 Å². The molecule has 8 heteroatoms. The van der Waals surface area contributed by atoms with Crippen LogP contribution in [0.4, 0.5) is 0 Å². The predicted molar refractivity (Wildman–Crippen MR) is 123 cm³/mol. The lowest BCUT2D eigenvalue weighted by atomic mass is 9.89. The molecule has 0 atom stereocenters. The molecule has 1 aromatic heterocycles. The number of ether oxygens (including phenoxy) is 1. The zero-order chi connectivity index (χ0) is 20.9. The van der Waals surface area contributed by atoms with E-state index in [0.717, 1.165) is 50.6 Å². The first-order chi connectivity index (χ1) is 14.7. The zero-order valence-corrected chi connectivity index (χ0v) is 19.4. The molecule has 170 valence electrons. The van der Waals surface area contributed by atoms with Crippen molar-refractivity contribution in [2.45, 2.75) is 52.0 Å². The number of carbonyl (C=O) groups is 1. The molecule has 2 aromatic rings. The number of fused-ring (bicyclic) bond motifs is 1. The Labute approximate surface area is 190 Å². The average molecular weight is 448 g/mol. The number of nitrogens with zero attached hydrogens (tertiary/aromatic N) is 4. The van der Waals surface area contributed by atoms with Crippen LogP contribution in [0.3, 0.4) is 0 Å². The van der Waals surface area contributed by atoms with Crippen LogP contribution in [-0.2, 0) is 17.7 Å². The molecule has 7 nitrogen and oxygen atoms in total. The van der Waals surface area contributed by atoms with E-state index >= 15 is 0 Å². The maximum Gasteiger partial charge on any atom is 0.273 e. The van der Waals surface area contributed by atoms with Crippen molar-refractivity contribution in [2.75, 3.05) is 33.4 Å². The Morgan fingerprint density at radius 3 is 2.84 bits per heavy atom. The van der Waals surface area contributed by atoms with Crippen LogP contribution >= 0.6 is 12.4 Å². The summed E-state index contributed by atoms with van der Waals surface area (Å²) in [6.07, 6.45) is 7.25. The van der Waals surface area contributed by atoms with Gasteiger partial charge in [-0.3, -0.25) is 9.69 Å². The number of benzene rings is 1. The normalized spacial score (nSPS) is 17.1. The van der Waals surface area contributed by atoms with Crippen LogP contribution in [-0.4, -0.2) is 59.2 Å². The topological polar surface area (TPSA) is 72.3 Å². The number of carbonyl (C=O) groups excluding carboxylic acids is 1. The molecule has 4 rings (SSSR count). The van der Waals surface area contributed by atoms with Gasteiger partial charge in [0, 0.05) is 33.3 Å². The van der Waals surface area contributed by atoms with Gasteiger partial charge in [-0.1, -0.05) is 36.6 Å². The lowest BCUT2D eigenvalue weighted by molar-refractivity contribution is 0.0938. The van der Waals surface area contributed by atoms with Crippen molar-refractivity contribution in [3.63, 3.8) is 0 Å². The summed E-state index contributed by atoms with van der Waals surface area (Å²) in [5, 5.41) is 11.7. The number of nitrogens with one attached hydrogen (secondary N) is 1. The van der Waals surface area contributed by atoms with Gasteiger partial charge in [0.15, 0.2) is 5.69 Å². The Hall–Kier alpha value is -1.96. The molecule has 1 aliphatic carbocycles. The molecule has 0 unspecified atom stereocenters. The van der Waals surface area contributed by atoms with Crippen LogP contribution in [0.15, 0.2) is 18.2 Å². The van der Waals surface area contributed by atoms with Crippen molar-refractivity contribution in [1.29, 1.82) is 0 Å². The summed E-state index contributed by atoms with van der Waals surface area (Å²) in [5.41, 5.74) is 4.88. The number of hydrogen-bond acceptors (Lipinski definition) is 5. The quantitative estimate of drug-likeness (QED) is 0.704. The van der Waals surface area contributed by atoms with Crippen LogP contribution in [0.2, 0.25) is 0 Å². The monoisotopic (exact) mass is 447 g/mol. The van der Waals surface area contributed by atoms with E-state index in [4.69, 9.17) is 4.74 Å². The largest absolute Gasteiger partial charge is 0.383 e. The summed E-state index contributed by atoms with van der Waals surface area (Å²) in [5.74, 6) is 0.486.